The highest BCUT2D eigenvalue weighted by molar-refractivity contribution is 7.92. The predicted octanol–water partition coefficient (Wildman–Crippen LogP) is 2.02. The third-order valence-electron chi connectivity index (χ3n) is 4.20. The summed E-state index contributed by atoms with van der Waals surface area (Å²) in [4.78, 5) is 18.7. The molecule has 0 saturated carbocycles. The summed E-state index contributed by atoms with van der Waals surface area (Å²) in [5.74, 6) is 0.00849. The van der Waals surface area contributed by atoms with Crippen molar-refractivity contribution in [2.45, 2.75) is 57.7 Å². The molecule has 124 valence electrons. The Labute approximate surface area is 136 Å². The standard InChI is InChI=1S/C15H24N2O3S2/c1-10-11(2)22(19,20)7-6-17(10)13(18)8-12-9-21-14(16-12)15(3,4)5/h9-11H,6-8H2,1-5H3. The third kappa shape index (κ3) is 3.51. The zero-order valence-electron chi connectivity index (χ0n) is 13.8. The van der Waals surface area contributed by atoms with Gasteiger partial charge in [0, 0.05) is 23.4 Å². The predicted molar refractivity (Wildman–Crippen MR) is 88.9 cm³/mol. The Morgan fingerprint density at radius 3 is 2.59 bits per heavy atom. The van der Waals surface area contributed by atoms with Crippen molar-refractivity contribution in [3.8, 4) is 0 Å². The van der Waals surface area contributed by atoms with E-state index in [2.05, 4.69) is 25.8 Å². The summed E-state index contributed by atoms with van der Waals surface area (Å²) in [5, 5.41) is 2.43. The van der Waals surface area contributed by atoms with Crippen LogP contribution in [0.25, 0.3) is 0 Å². The van der Waals surface area contributed by atoms with E-state index < -0.39 is 15.1 Å². The van der Waals surface area contributed by atoms with Crippen molar-refractivity contribution < 1.29 is 13.2 Å². The molecule has 2 unspecified atom stereocenters. The van der Waals surface area contributed by atoms with E-state index in [-0.39, 0.29) is 36.1 Å². The number of aromatic nitrogens is 1. The number of carbonyl (C=O) groups is 1. The van der Waals surface area contributed by atoms with Crippen LogP contribution in [0.2, 0.25) is 0 Å². The quantitative estimate of drug-likeness (QED) is 0.823. The largest absolute Gasteiger partial charge is 0.337 e. The molecule has 0 aromatic carbocycles. The molecule has 1 aliphatic heterocycles. The Morgan fingerprint density at radius 1 is 1.41 bits per heavy atom. The molecule has 1 aromatic heterocycles. The van der Waals surface area contributed by atoms with Gasteiger partial charge in [-0.3, -0.25) is 4.79 Å². The summed E-state index contributed by atoms with van der Waals surface area (Å²) in [6, 6.07) is -0.285. The average molecular weight is 345 g/mol. The molecule has 0 N–H and O–H groups in total. The lowest BCUT2D eigenvalue weighted by atomic mass is 9.98. The Kier molecular flexibility index (Phi) is 4.69. The highest BCUT2D eigenvalue weighted by Crippen LogP contribution is 2.26. The zero-order valence-corrected chi connectivity index (χ0v) is 15.4. The molecule has 0 radical (unpaired) electrons. The molecule has 2 rings (SSSR count). The lowest BCUT2D eigenvalue weighted by Gasteiger charge is -2.37. The number of sulfone groups is 1. The van der Waals surface area contributed by atoms with E-state index in [0.29, 0.717) is 0 Å². The van der Waals surface area contributed by atoms with Gasteiger partial charge in [-0.1, -0.05) is 20.8 Å². The minimum absolute atomic E-state index is 0.0209. The number of amides is 1. The van der Waals surface area contributed by atoms with Crippen molar-refractivity contribution in [2.24, 2.45) is 0 Å². The minimum Gasteiger partial charge on any atom is -0.337 e. The molecular weight excluding hydrogens is 320 g/mol. The summed E-state index contributed by atoms with van der Waals surface area (Å²) in [6.07, 6.45) is 0.240. The van der Waals surface area contributed by atoms with Gasteiger partial charge in [-0.2, -0.15) is 0 Å². The van der Waals surface area contributed by atoms with Gasteiger partial charge in [0.25, 0.3) is 0 Å². The van der Waals surface area contributed by atoms with Crippen LogP contribution in [0.3, 0.4) is 0 Å². The fourth-order valence-corrected chi connectivity index (χ4v) is 4.99. The molecule has 0 bridgehead atoms. The smallest absolute Gasteiger partial charge is 0.228 e. The first-order valence-corrected chi connectivity index (χ1v) is 10.1. The van der Waals surface area contributed by atoms with Crippen LogP contribution in [-0.4, -0.2) is 47.8 Å². The maximum absolute atomic E-state index is 12.5. The van der Waals surface area contributed by atoms with Crippen molar-refractivity contribution in [2.75, 3.05) is 12.3 Å². The molecule has 2 atom stereocenters. The van der Waals surface area contributed by atoms with Gasteiger partial charge in [-0.25, -0.2) is 13.4 Å². The monoisotopic (exact) mass is 344 g/mol. The second kappa shape index (κ2) is 5.92. The third-order valence-corrected chi connectivity index (χ3v) is 7.80. The number of hydrogen-bond donors (Lipinski definition) is 0. The topological polar surface area (TPSA) is 67.3 Å². The van der Waals surface area contributed by atoms with Crippen molar-refractivity contribution >= 4 is 27.1 Å². The fraction of sp³-hybridized carbons (Fsp3) is 0.733. The molecule has 22 heavy (non-hydrogen) atoms. The van der Waals surface area contributed by atoms with Gasteiger partial charge in [0.2, 0.25) is 5.91 Å². The van der Waals surface area contributed by atoms with E-state index in [1.165, 1.54) is 0 Å². The fourth-order valence-electron chi connectivity index (χ4n) is 2.51. The van der Waals surface area contributed by atoms with Gasteiger partial charge in [0.15, 0.2) is 9.84 Å². The zero-order chi connectivity index (χ0) is 16.7. The number of hydrogen-bond acceptors (Lipinski definition) is 5. The minimum atomic E-state index is -3.07. The van der Waals surface area contributed by atoms with E-state index in [1.807, 2.05) is 5.38 Å². The molecule has 7 heteroatoms. The first-order valence-electron chi connectivity index (χ1n) is 7.48. The molecular formula is C15H24N2O3S2. The lowest BCUT2D eigenvalue weighted by molar-refractivity contribution is -0.132. The molecule has 1 fully saturated rings. The number of carbonyl (C=O) groups excluding carboxylic acids is 1. The summed E-state index contributed by atoms with van der Waals surface area (Å²) in [7, 11) is -3.07. The molecule has 2 heterocycles. The lowest BCUT2D eigenvalue weighted by Crippen LogP contribution is -2.54. The molecule has 0 spiro atoms. The number of nitrogens with zero attached hydrogens (tertiary/aromatic N) is 2. The molecule has 1 aromatic rings. The van der Waals surface area contributed by atoms with E-state index >= 15 is 0 Å². The molecule has 5 nitrogen and oxygen atoms in total. The van der Waals surface area contributed by atoms with Gasteiger partial charge in [-0.05, 0) is 13.8 Å². The van der Waals surface area contributed by atoms with Gasteiger partial charge < -0.3 is 4.90 Å². The summed E-state index contributed by atoms with van der Waals surface area (Å²) < 4.78 is 23.8. The van der Waals surface area contributed by atoms with Gasteiger partial charge in [0.1, 0.15) is 0 Å². The van der Waals surface area contributed by atoms with Crippen molar-refractivity contribution in [1.29, 1.82) is 0 Å². The van der Waals surface area contributed by atoms with E-state index in [9.17, 15) is 13.2 Å². The van der Waals surface area contributed by atoms with Crippen LogP contribution in [0.15, 0.2) is 5.38 Å². The van der Waals surface area contributed by atoms with Gasteiger partial charge in [0.05, 0.1) is 28.1 Å². The average Bonchev–Trinajstić information content (AvgIpc) is 2.84. The summed E-state index contributed by atoms with van der Waals surface area (Å²) >= 11 is 1.57. The molecule has 1 aliphatic rings. The van der Waals surface area contributed by atoms with Crippen LogP contribution < -0.4 is 0 Å². The van der Waals surface area contributed by atoms with Crippen LogP contribution in [0, 0.1) is 0 Å². The summed E-state index contributed by atoms with van der Waals surface area (Å²) in [6.45, 7) is 10.0. The van der Waals surface area contributed by atoms with Gasteiger partial charge in [-0.15, -0.1) is 11.3 Å². The molecule has 0 aliphatic carbocycles. The maximum Gasteiger partial charge on any atom is 0.228 e. The highest BCUT2D eigenvalue weighted by Gasteiger charge is 2.38. The van der Waals surface area contributed by atoms with E-state index in [0.717, 1.165) is 10.7 Å². The Hall–Kier alpha value is -0.950. The Morgan fingerprint density at radius 2 is 2.05 bits per heavy atom. The van der Waals surface area contributed by atoms with Crippen LogP contribution in [0.1, 0.15) is 45.3 Å². The highest BCUT2D eigenvalue weighted by atomic mass is 32.2. The molecule has 1 saturated heterocycles. The van der Waals surface area contributed by atoms with Crippen LogP contribution in [0.5, 0.6) is 0 Å². The second-order valence-corrected chi connectivity index (χ2v) is 10.3. The van der Waals surface area contributed by atoms with Gasteiger partial charge >= 0.3 is 0 Å². The van der Waals surface area contributed by atoms with Crippen LogP contribution in [-0.2, 0) is 26.5 Å². The first kappa shape index (κ1) is 17.4. The maximum atomic E-state index is 12.5. The van der Waals surface area contributed by atoms with Crippen molar-refractivity contribution in [3.05, 3.63) is 16.1 Å². The number of rotatable bonds is 2. The summed E-state index contributed by atoms with van der Waals surface area (Å²) in [5.41, 5.74) is 0.751. The van der Waals surface area contributed by atoms with E-state index in [4.69, 9.17) is 0 Å². The van der Waals surface area contributed by atoms with Crippen LogP contribution >= 0.6 is 11.3 Å². The second-order valence-electron chi connectivity index (χ2n) is 6.97. The SMILES string of the molecule is CC1C(C)S(=O)(=O)CCN1C(=O)Cc1csc(C(C)(C)C)n1. The first-order chi connectivity index (χ1) is 10.0. The Balaban J connectivity index is 2.08. The molecule has 1 amide bonds. The van der Waals surface area contributed by atoms with E-state index in [1.54, 1.807) is 30.1 Å². The van der Waals surface area contributed by atoms with Crippen LogP contribution in [0.4, 0.5) is 0 Å². The Bertz CT molecular complexity index is 659. The van der Waals surface area contributed by atoms with Crippen molar-refractivity contribution in [1.82, 2.24) is 9.88 Å². The normalized spacial score (nSPS) is 25.2. The number of thiazole rings is 1. The van der Waals surface area contributed by atoms with Crippen molar-refractivity contribution in [3.63, 3.8) is 0 Å².